The Morgan fingerprint density at radius 2 is 1.83 bits per heavy atom. The summed E-state index contributed by atoms with van der Waals surface area (Å²) < 4.78 is -1.60. The van der Waals surface area contributed by atoms with Crippen LogP contribution >= 0.6 is 23.2 Å². The molecule has 1 N–H and O–H groups in total. The number of nitrogens with zero attached hydrogens (tertiary/aromatic N) is 1. The highest BCUT2D eigenvalue weighted by molar-refractivity contribution is 6.59. The monoisotopic (exact) mass is 287 g/mol. The van der Waals surface area contributed by atoms with Crippen LogP contribution in [0.5, 0.6) is 0 Å². The van der Waals surface area contributed by atoms with E-state index < -0.39 is 21.9 Å². The van der Waals surface area contributed by atoms with Crippen LogP contribution in [0.25, 0.3) is 0 Å². The predicted octanol–water partition coefficient (Wildman–Crippen LogP) is 2.55. The van der Waals surface area contributed by atoms with Crippen molar-refractivity contribution >= 4 is 29.1 Å². The first-order chi connectivity index (χ1) is 8.28. The molecule has 1 aromatic carbocycles. The van der Waals surface area contributed by atoms with E-state index in [1.165, 1.54) is 4.90 Å². The van der Waals surface area contributed by atoms with Gasteiger partial charge in [-0.3, -0.25) is 4.79 Å². The summed E-state index contributed by atoms with van der Waals surface area (Å²) in [6.45, 7) is 3.66. The van der Waals surface area contributed by atoms with Crippen molar-refractivity contribution in [2.75, 3.05) is 0 Å². The van der Waals surface area contributed by atoms with Gasteiger partial charge in [-0.05, 0) is 5.56 Å². The van der Waals surface area contributed by atoms with Crippen LogP contribution in [0.15, 0.2) is 30.3 Å². The first-order valence-corrected chi connectivity index (χ1v) is 6.45. The van der Waals surface area contributed by atoms with Crippen LogP contribution in [0.3, 0.4) is 0 Å². The molecule has 18 heavy (non-hydrogen) atoms. The van der Waals surface area contributed by atoms with Crippen molar-refractivity contribution in [2.45, 2.75) is 31.0 Å². The predicted molar refractivity (Wildman–Crippen MR) is 71.2 cm³/mol. The van der Waals surface area contributed by atoms with Gasteiger partial charge in [0.25, 0.3) is 5.91 Å². The van der Waals surface area contributed by atoms with Gasteiger partial charge in [0, 0.05) is 6.54 Å². The molecule has 1 amide bonds. The normalized spacial score (nSPS) is 25.5. The minimum atomic E-state index is -1.60. The van der Waals surface area contributed by atoms with Gasteiger partial charge < -0.3 is 10.0 Å². The van der Waals surface area contributed by atoms with Crippen LogP contribution in [0.1, 0.15) is 19.4 Å². The lowest BCUT2D eigenvalue weighted by molar-refractivity contribution is -0.135. The largest absolute Gasteiger partial charge is 0.373 e. The van der Waals surface area contributed by atoms with E-state index in [-0.39, 0.29) is 0 Å². The van der Waals surface area contributed by atoms with Crippen LogP contribution in [-0.2, 0) is 11.3 Å². The van der Waals surface area contributed by atoms with Crippen LogP contribution in [0.4, 0.5) is 0 Å². The lowest BCUT2D eigenvalue weighted by Gasteiger charge is -2.30. The van der Waals surface area contributed by atoms with Crippen molar-refractivity contribution in [2.24, 2.45) is 5.41 Å². The van der Waals surface area contributed by atoms with E-state index >= 15 is 0 Å². The number of carbonyl (C=O) groups is 1. The number of rotatable bonds is 2. The van der Waals surface area contributed by atoms with Crippen molar-refractivity contribution in [3.05, 3.63) is 35.9 Å². The maximum Gasteiger partial charge on any atom is 0.262 e. The number of hydrogen-bond donors (Lipinski definition) is 1. The Morgan fingerprint density at radius 1 is 1.28 bits per heavy atom. The van der Waals surface area contributed by atoms with Gasteiger partial charge in [-0.2, -0.15) is 0 Å². The van der Waals surface area contributed by atoms with Gasteiger partial charge in [-0.15, -0.1) is 0 Å². The average molecular weight is 288 g/mol. The Kier molecular flexibility index (Phi) is 3.34. The summed E-state index contributed by atoms with van der Waals surface area (Å²) in [7, 11) is 0. The van der Waals surface area contributed by atoms with Gasteiger partial charge in [0.1, 0.15) is 6.23 Å². The number of halogens is 2. The molecule has 1 fully saturated rings. The highest BCUT2D eigenvalue weighted by atomic mass is 35.5. The zero-order valence-corrected chi connectivity index (χ0v) is 11.7. The number of benzene rings is 1. The van der Waals surface area contributed by atoms with Gasteiger partial charge in [0.2, 0.25) is 4.33 Å². The first-order valence-electron chi connectivity index (χ1n) is 5.69. The van der Waals surface area contributed by atoms with Gasteiger partial charge in [0.15, 0.2) is 0 Å². The second-order valence-electron chi connectivity index (χ2n) is 5.09. The highest BCUT2D eigenvalue weighted by Gasteiger charge is 2.62. The van der Waals surface area contributed by atoms with Crippen molar-refractivity contribution in [1.82, 2.24) is 4.90 Å². The molecule has 1 aromatic rings. The van der Waals surface area contributed by atoms with E-state index in [0.29, 0.717) is 6.54 Å². The fraction of sp³-hybridized carbons (Fsp3) is 0.462. The number of carbonyl (C=O) groups excluding carboxylic acids is 1. The molecular formula is C13H15Cl2NO2. The van der Waals surface area contributed by atoms with Crippen molar-refractivity contribution in [3.63, 3.8) is 0 Å². The molecule has 1 unspecified atom stereocenters. The van der Waals surface area contributed by atoms with Gasteiger partial charge in [-0.25, -0.2) is 0 Å². The second kappa shape index (κ2) is 4.41. The van der Waals surface area contributed by atoms with Crippen LogP contribution in [0.2, 0.25) is 0 Å². The summed E-state index contributed by atoms with van der Waals surface area (Å²) in [6, 6.07) is 9.41. The fourth-order valence-electron chi connectivity index (χ4n) is 2.06. The molecule has 5 heteroatoms. The maximum atomic E-state index is 12.2. The number of aliphatic hydroxyl groups is 1. The smallest absolute Gasteiger partial charge is 0.262 e. The van der Waals surface area contributed by atoms with Crippen molar-refractivity contribution in [1.29, 1.82) is 0 Å². The lowest BCUT2D eigenvalue weighted by Crippen LogP contribution is -2.39. The highest BCUT2D eigenvalue weighted by Crippen LogP contribution is 2.51. The molecule has 0 aromatic heterocycles. The summed E-state index contributed by atoms with van der Waals surface area (Å²) in [4.78, 5) is 13.5. The number of alkyl halides is 2. The van der Waals surface area contributed by atoms with E-state index in [2.05, 4.69) is 0 Å². The summed E-state index contributed by atoms with van der Waals surface area (Å²) in [5, 5.41) is 10.2. The summed E-state index contributed by atoms with van der Waals surface area (Å²) >= 11 is 12.2. The quantitative estimate of drug-likeness (QED) is 0.850. The fourth-order valence-corrected chi connectivity index (χ4v) is 2.47. The van der Waals surface area contributed by atoms with E-state index in [9.17, 15) is 9.90 Å². The molecule has 98 valence electrons. The topological polar surface area (TPSA) is 40.5 Å². The summed E-state index contributed by atoms with van der Waals surface area (Å²) in [5.74, 6) is -0.452. The van der Waals surface area contributed by atoms with Crippen molar-refractivity contribution < 1.29 is 9.90 Å². The third-order valence-electron chi connectivity index (χ3n) is 3.48. The number of hydrogen-bond acceptors (Lipinski definition) is 2. The molecule has 0 bridgehead atoms. The average Bonchev–Trinajstić information content (AvgIpc) is 2.44. The molecule has 1 heterocycles. The molecule has 3 nitrogen and oxygen atoms in total. The van der Waals surface area contributed by atoms with Gasteiger partial charge in [0.05, 0.1) is 5.41 Å². The Labute approximate surface area is 116 Å². The third-order valence-corrected chi connectivity index (χ3v) is 4.77. The molecule has 0 saturated carbocycles. The first kappa shape index (κ1) is 13.7. The Balaban J connectivity index is 2.28. The summed E-state index contributed by atoms with van der Waals surface area (Å²) in [6.07, 6.45) is -1.000. The molecule has 2 rings (SSSR count). The zero-order chi connectivity index (χ0) is 13.6. The SMILES string of the molecule is CC1(C)C(O)N(Cc2ccccc2)C(=O)C1(Cl)Cl. The molecule has 1 saturated heterocycles. The molecule has 0 radical (unpaired) electrons. The van der Waals surface area contributed by atoms with Crippen LogP contribution in [0, 0.1) is 5.41 Å². The van der Waals surface area contributed by atoms with Gasteiger partial charge in [-0.1, -0.05) is 67.4 Å². The standard InChI is InChI=1S/C13H15Cl2NO2/c1-12(2)10(17)16(11(18)13(12,14)15)8-9-6-4-3-5-7-9/h3-7,10,17H,8H2,1-2H3. The molecule has 0 aliphatic carbocycles. The second-order valence-corrected chi connectivity index (χ2v) is 6.42. The minimum Gasteiger partial charge on any atom is -0.373 e. The number of amides is 1. The molecule has 1 aliphatic heterocycles. The maximum absolute atomic E-state index is 12.2. The minimum absolute atomic E-state index is 0.297. The zero-order valence-electron chi connectivity index (χ0n) is 10.2. The lowest BCUT2D eigenvalue weighted by atomic mass is 9.89. The van der Waals surface area contributed by atoms with E-state index in [1.54, 1.807) is 13.8 Å². The molecule has 0 spiro atoms. The number of likely N-dealkylation sites (tertiary alicyclic amines) is 1. The molecule has 1 aliphatic rings. The van der Waals surface area contributed by atoms with E-state index in [1.807, 2.05) is 30.3 Å². The van der Waals surface area contributed by atoms with Crippen LogP contribution in [-0.4, -0.2) is 26.5 Å². The Bertz CT molecular complexity index is 459. The van der Waals surface area contributed by atoms with Crippen molar-refractivity contribution in [3.8, 4) is 0 Å². The Morgan fingerprint density at radius 3 is 2.28 bits per heavy atom. The van der Waals surface area contributed by atoms with Gasteiger partial charge >= 0.3 is 0 Å². The number of aliphatic hydroxyl groups excluding tert-OH is 1. The van der Waals surface area contributed by atoms with Crippen LogP contribution < -0.4 is 0 Å². The molecule has 1 atom stereocenters. The third kappa shape index (κ3) is 1.91. The molecular weight excluding hydrogens is 273 g/mol. The summed E-state index contributed by atoms with van der Waals surface area (Å²) in [5.41, 5.74) is 0.00819. The van der Waals surface area contributed by atoms with E-state index in [4.69, 9.17) is 23.2 Å². The van der Waals surface area contributed by atoms with E-state index in [0.717, 1.165) is 5.56 Å². The Hall–Kier alpha value is -0.770.